The van der Waals surface area contributed by atoms with Crippen LogP contribution in [0.1, 0.15) is 0 Å². The summed E-state index contributed by atoms with van der Waals surface area (Å²) in [5, 5.41) is 2.47. The smallest absolute Gasteiger partial charge is 0.387 e. The SMILES string of the molecule is NC/C=C/C(=O)Nc1ccc(OC(F)F)c(Cl)c1. The van der Waals surface area contributed by atoms with E-state index < -0.39 is 6.61 Å². The van der Waals surface area contributed by atoms with Gasteiger partial charge in [-0.15, -0.1) is 0 Å². The van der Waals surface area contributed by atoms with Gasteiger partial charge in [0, 0.05) is 18.3 Å². The molecule has 0 fully saturated rings. The molecule has 4 nitrogen and oxygen atoms in total. The maximum atomic E-state index is 12.0. The number of alkyl halides is 2. The molecule has 0 saturated carbocycles. The first kappa shape index (κ1) is 14.4. The van der Waals surface area contributed by atoms with Crippen molar-refractivity contribution in [2.75, 3.05) is 11.9 Å². The van der Waals surface area contributed by atoms with Gasteiger partial charge in [0.15, 0.2) is 0 Å². The lowest BCUT2D eigenvalue weighted by molar-refractivity contribution is -0.111. The van der Waals surface area contributed by atoms with E-state index in [9.17, 15) is 13.6 Å². The molecular weight excluding hydrogens is 266 g/mol. The van der Waals surface area contributed by atoms with Crippen molar-refractivity contribution in [2.45, 2.75) is 6.61 Å². The molecule has 7 heteroatoms. The number of carbonyl (C=O) groups excluding carboxylic acids is 1. The van der Waals surface area contributed by atoms with Crippen LogP contribution in [0.25, 0.3) is 0 Å². The predicted molar refractivity (Wildman–Crippen MR) is 64.9 cm³/mol. The van der Waals surface area contributed by atoms with Gasteiger partial charge >= 0.3 is 6.61 Å². The summed E-state index contributed by atoms with van der Waals surface area (Å²) in [6.07, 6.45) is 2.74. The predicted octanol–water partition coefficient (Wildman–Crippen LogP) is 2.39. The highest BCUT2D eigenvalue weighted by Crippen LogP contribution is 2.28. The lowest BCUT2D eigenvalue weighted by atomic mass is 10.3. The average molecular weight is 277 g/mol. The highest BCUT2D eigenvalue weighted by atomic mass is 35.5. The Labute approximate surface area is 107 Å². The highest BCUT2D eigenvalue weighted by molar-refractivity contribution is 6.32. The van der Waals surface area contributed by atoms with Gasteiger partial charge in [-0.05, 0) is 18.2 Å². The molecular formula is C11H11ClF2N2O2. The summed E-state index contributed by atoms with van der Waals surface area (Å²) in [4.78, 5) is 11.3. The molecule has 0 saturated heterocycles. The zero-order valence-electron chi connectivity index (χ0n) is 9.20. The van der Waals surface area contributed by atoms with Crippen molar-refractivity contribution in [1.29, 1.82) is 0 Å². The number of nitrogens with one attached hydrogen (secondary N) is 1. The normalized spacial score (nSPS) is 10.9. The molecule has 0 aliphatic carbocycles. The van der Waals surface area contributed by atoms with E-state index in [1.807, 2.05) is 0 Å². The molecule has 0 atom stereocenters. The lowest BCUT2D eigenvalue weighted by Gasteiger charge is -2.08. The van der Waals surface area contributed by atoms with Crippen molar-refractivity contribution in [3.63, 3.8) is 0 Å². The topological polar surface area (TPSA) is 64.4 Å². The Morgan fingerprint density at radius 2 is 2.28 bits per heavy atom. The Morgan fingerprint density at radius 1 is 1.56 bits per heavy atom. The van der Waals surface area contributed by atoms with E-state index in [2.05, 4.69) is 10.1 Å². The number of carbonyl (C=O) groups is 1. The Bertz CT molecular complexity index is 453. The van der Waals surface area contributed by atoms with Crippen molar-refractivity contribution in [3.8, 4) is 5.75 Å². The molecule has 0 radical (unpaired) electrons. The van der Waals surface area contributed by atoms with Gasteiger partial charge in [-0.2, -0.15) is 8.78 Å². The van der Waals surface area contributed by atoms with Gasteiger partial charge in [0.25, 0.3) is 0 Å². The zero-order chi connectivity index (χ0) is 13.5. The van der Waals surface area contributed by atoms with Gasteiger partial charge in [0.05, 0.1) is 5.02 Å². The summed E-state index contributed by atoms with van der Waals surface area (Å²) < 4.78 is 28.1. The number of nitrogens with two attached hydrogens (primary N) is 1. The molecule has 1 aromatic carbocycles. The number of hydrogen-bond donors (Lipinski definition) is 2. The maximum Gasteiger partial charge on any atom is 0.387 e. The van der Waals surface area contributed by atoms with Gasteiger partial charge < -0.3 is 15.8 Å². The first-order chi connectivity index (χ1) is 8.52. The maximum absolute atomic E-state index is 12.0. The zero-order valence-corrected chi connectivity index (χ0v) is 9.95. The van der Waals surface area contributed by atoms with Crippen LogP contribution in [0.15, 0.2) is 30.4 Å². The Hall–Kier alpha value is -1.66. The number of rotatable bonds is 5. The number of benzene rings is 1. The molecule has 3 N–H and O–H groups in total. The van der Waals surface area contributed by atoms with E-state index >= 15 is 0 Å². The first-order valence-corrected chi connectivity index (χ1v) is 5.32. The summed E-state index contributed by atoms with van der Waals surface area (Å²) in [5.41, 5.74) is 5.55. The summed E-state index contributed by atoms with van der Waals surface area (Å²) in [6.45, 7) is -2.70. The minimum absolute atomic E-state index is 0.0177. The second-order valence-electron chi connectivity index (χ2n) is 3.15. The number of hydrogen-bond acceptors (Lipinski definition) is 3. The van der Waals surface area contributed by atoms with Gasteiger partial charge in [-0.3, -0.25) is 4.79 Å². The second kappa shape index (κ2) is 6.93. The number of anilines is 1. The molecule has 0 heterocycles. The van der Waals surface area contributed by atoms with Crippen LogP contribution >= 0.6 is 11.6 Å². The number of halogens is 3. The average Bonchev–Trinajstić information content (AvgIpc) is 2.29. The van der Waals surface area contributed by atoms with Crippen molar-refractivity contribution >= 4 is 23.2 Å². The molecule has 18 heavy (non-hydrogen) atoms. The molecule has 0 unspecified atom stereocenters. The van der Waals surface area contributed by atoms with Crippen LogP contribution in [0, 0.1) is 0 Å². The van der Waals surface area contributed by atoms with E-state index in [1.54, 1.807) is 0 Å². The van der Waals surface area contributed by atoms with Crippen molar-refractivity contribution in [3.05, 3.63) is 35.4 Å². The van der Waals surface area contributed by atoms with Crippen LogP contribution in [0.5, 0.6) is 5.75 Å². The summed E-state index contributed by atoms with van der Waals surface area (Å²) >= 11 is 5.71. The van der Waals surface area contributed by atoms with Crippen LogP contribution in [0.4, 0.5) is 14.5 Å². The molecule has 1 amide bonds. The van der Waals surface area contributed by atoms with Crippen LogP contribution in [0.3, 0.4) is 0 Å². The highest BCUT2D eigenvalue weighted by Gasteiger charge is 2.09. The molecule has 0 spiro atoms. The van der Waals surface area contributed by atoms with E-state index in [-0.39, 0.29) is 23.2 Å². The Balaban J connectivity index is 2.72. The second-order valence-corrected chi connectivity index (χ2v) is 3.56. The number of amides is 1. The quantitative estimate of drug-likeness (QED) is 0.812. The Morgan fingerprint density at radius 3 is 2.83 bits per heavy atom. The molecule has 1 rings (SSSR count). The molecule has 98 valence electrons. The van der Waals surface area contributed by atoms with E-state index in [1.165, 1.54) is 30.4 Å². The fourth-order valence-corrected chi connectivity index (χ4v) is 1.35. The van der Waals surface area contributed by atoms with E-state index in [0.717, 1.165) is 0 Å². The van der Waals surface area contributed by atoms with Gasteiger partial charge in [-0.25, -0.2) is 0 Å². The van der Waals surface area contributed by atoms with E-state index in [4.69, 9.17) is 17.3 Å². The third kappa shape index (κ3) is 4.68. The molecule has 0 aromatic heterocycles. The number of ether oxygens (including phenoxy) is 1. The monoisotopic (exact) mass is 276 g/mol. The van der Waals surface area contributed by atoms with Gasteiger partial charge in [0.2, 0.25) is 5.91 Å². The van der Waals surface area contributed by atoms with Crippen LogP contribution in [0.2, 0.25) is 5.02 Å². The van der Waals surface area contributed by atoms with Crippen molar-refractivity contribution < 1.29 is 18.3 Å². The third-order valence-electron chi connectivity index (χ3n) is 1.82. The van der Waals surface area contributed by atoms with Crippen molar-refractivity contribution in [2.24, 2.45) is 5.73 Å². The minimum atomic E-state index is -2.95. The van der Waals surface area contributed by atoms with Crippen LogP contribution < -0.4 is 15.8 Å². The Kier molecular flexibility index (Phi) is 5.54. The summed E-state index contributed by atoms with van der Waals surface area (Å²) in [5.74, 6) is -0.541. The van der Waals surface area contributed by atoms with E-state index in [0.29, 0.717) is 5.69 Å². The first-order valence-electron chi connectivity index (χ1n) is 4.95. The lowest BCUT2D eigenvalue weighted by Crippen LogP contribution is -2.09. The third-order valence-corrected chi connectivity index (χ3v) is 2.12. The van der Waals surface area contributed by atoms with Gasteiger partial charge in [-0.1, -0.05) is 17.7 Å². The van der Waals surface area contributed by atoms with Crippen LogP contribution in [-0.2, 0) is 4.79 Å². The summed E-state index contributed by atoms with van der Waals surface area (Å²) in [7, 11) is 0. The standard InChI is InChI=1S/C11H11ClF2N2O2/c12-8-6-7(16-10(17)2-1-5-15)3-4-9(8)18-11(13)14/h1-4,6,11H,5,15H2,(H,16,17)/b2-1+. The molecule has 0 aliphatic heterocycles. The molecule has 0 bridgehead atoms. The van der Waals surface area contributed by atoms with Gasteiger partial charge in [0.1, 0.15) is 5.75 Å². The molecule has 0 aliphatic rings. The molecule has 1 aromatic rings. The fourth-order valence-electron chi connectivity index (χ4n) is 1.13. The van der Waals surface area contributed by atoms with Crippen molar-refractivity contribution in [1.82, 2.24) is 0 Å². The minimum Gasteiger partial charge on any atom is -0.433 e. The van der Waals surface area contributed by atoms with Crippen LogP contribution in [-0.4, -0.2) is 19.1 Å². The largest absolute Gasteiger partial charge is 0.433 e. The summed E-state index contributed by atoms with van der Waals surface area (Å²) in [6, 6.07) is 3.96. The fraction of sp³-hybridized carbons (Fsp3) is 0.182.